The van der Waals surface area contributed by atoms with Gasteiger partial charge in [0.15, 0.2) is 5.66 Å². The highest BCUT2D eigenvalue weighted by Crippen LogP contribution is 2.38. The molecule has 0 spiro atoms. The smallest absolute Gasteiger partial charge is 0.410 e. The van der Waals surface area contributed by atoms with Crippen LogP contribution in [-0.2, 0) is 9.53 Å². The number of alkyl halides is 2. The maximum atomic E-state index is 13.4. The summed E-state index contributed by atoms with van der Waals surface area (Å²) < 4.78 is 32.1. The van der Waals surface area contributed by atoms with Crippen LogP contribution in [0.4, 0.5) is 13.6 Å². The van der Waals surface area contributed by atoms with E-state index < -0.39 is 29.9 Å². The van der Waals surface area contributed by atoms with Gasteiger partial charge in [-0.1, -0.05) is 6.92 Å². The van der Waals surface area contributed by atoms with Gasteiger partial charge in [-0.25, -0.2) is 4.79 Å². The molecule has 0 aliphatic carbocycles. The van der Waals surface area contributed by atoms with Crippen molar-refractivity contribution in [3.63, 3.8) is 0 Å². The third-order valence-electron chi connectivity index (χ3n) is 3.79. The lowest BCUT2D eigenvalue weighted by molar-refractivity contribution is -0.323. The number of aliphatic carboxylic acids is 1. The zero-order valence-electron chi connectivity index (χ0n) is 13.5. The van der Waals surface area contributed by atoms with Gasteiger partial charge in [0.1, 0.15) is 5.60 Å². The van der Waals surface area contributed by atoms with Gasteiger partial charge >= 0.3 is 12.6 Å². The Morgan fingerprint density at radius 3 is 2.43 bits per heavy atom. The zero-order chi connectivity index (χ0) is 17.6. The van der Waals surface area contributed by atoms with Crippen molar-refractivity contribution in [3.8, 4) is 0 Å². The van der Waals surface area contributed by atoms with Crippen LogP contribution >= 0.6 is 0 Å². The molecule has 1 N–H and O–H groups in total. The molecule has 23 heavy (non-hydrogen) atoms. The van der Waals surface area contributed by atoms with Crippen molar-refractivity contribution < 1.29 is 28.2 Å². The number of nitrogens with one attached hydrogen (secondary N) is 1. The van der Waals surface area contributed by atoms with E-state index in [9.17, 15) is 23.5 Å². The molecule has 0 radical (unpaired) electrons. The van der Waals surface area contributed by atoms with Crippen LogP contribution in [0.5, 0.6) is 0 Å². The van der Waals surface area contributed by atoms with Crippen LogP contribution in [0.3, 0.4) is 0 Å². The number of carboxylic acid groups (broad SMARTS) is 1. The maximum absolute atomic E-state index is 13.4. The number of rotatable bonds is 3. The third kappa shape index (κ3) is 2.91. The standard InChI is InChI=1S/C14H21F2N3O4/c1-5-14(10(20)21)17-8-6-18(12(22)23-13(2,3)4)7-9(8)19(14)11(15)16/h11,17H,5-7H2,1-4H3,(H,20,21)/p-1. The summed E-state index contributed by atoms with van der Waals surface area (Å²) >= 11 is 0. The number of halogens is 2. The molecule has 2 heterocycles. The molecule has 1 unspecified atom stereocenters. The molecule has 0 bridgehead atoms. The van der Waals surface area contributed by atoms with Crippen LogP contribution in [-0.4, -0.2) is 52.8 Å². The normalized spacial score (nSPS) is 24.1. The highest BCUT2D eigenvalue weighted by molar-refractivity contribution is 5.79. The Labute approximate surface area is 132 Å². The van der Waals surface area contributed by atoms with Crippen LogP contribution < -0.4 is 10.4 Å². The minimum atomic E-state index is -3.04. The van der Waals surface area contributed by atoms with Gasteiger partial charge in [-0.2, -0.15) is 8.78 Å². The second-order valence-corrected chi connectivity index (χ2v) is 6.54. The van der Waals surface area contributed by atoms with Crippen molar-refractivity contribution >= 4 is 12.1 Å². The van der Waals surface area contributed by atoms with Gasteiger partial charge < -0.3 is 20.0 Å². The first-order valence-electron chi connectivity index (χ1n) is 7.29. The lowest BCUT2D eigenvalue weighted by Gasteiger charge is -2.42. The summed E-state index contributed by atoms with van der Waals surface area (Å²) in [5.41, 5.74) is -2.34. The molecule has 0 aromatic heterocycles. The first kappa shape index (κ1) is 17.3. The lowest BCUT2D eigenvalue weighted by atomic mass is 10.1. The first-order valence-corrected chi connectivity index (χ1v) is 7.29. The summed E-state index contributed by atoms with van der Waals surface area (Å²) in [6, 6.07) is 0. The molecule has 2 aliphatic heterocycles. The molecule has 1 amide bonds. The quantitative estimate of drug-likeness (QED) is 0.755. The van der Waals surface area contributed by atoms with E-state index in [0.29, 0.717) is 4.90 Å². The molecule has 130 valence electrons. The minimum Gasteiger partial charge on any atom is -0.546 e. The van der Waals surface area contributed by atoms with E-state index in [1.54, 1.807) is 20.8 Å². The molecule has 7 nitrogen and oxygen atoms in total. The number of nitrogens with zero attached hydrogens (tertiary/aromatic N) is 2. The number of ether oxygens (including phenoxy) is 1. The predicted molar refractivity (Wildman–Crippen MR) is 73.8 cm³/mol. The largest absolute Gasteiger partial charge is 0.546 e. The van der Waals surface area contributed by atoms with Crippen LogP contribution in [0.2, 0.25) is 0 Å². The molecule has 2 aliphatic rings. The van der Waals surface area contributed by atoms with Gasteiger partial charge in [0.2, 0.25) is 0 Å². The number of hydrogen-bond donors (Lipinski definition) is 1. The summed E-state index contributed by atoms with van der Waals surface area (Å²) in [5, 5.41) is 14.0. The van der Waals surface area contributed by atoms with E-state index in [-0.39, 0.29) is 30.9 Å². The van der Waals surface area contributed by atoms with Crippen LogP contribution in [0.1, 0.15) is 34.1 Å². The van der Waals surface area contributed by atoms with E-state index in [0.717, 1.165) is 0 Å². The van der Waals surface area contributed by atoms with E-state index >= 15 is 0 Å². The van der Waals surface area contributed by atoms with Crippen LogP contribution in [0.15, 0.2) is 11.4 Å². The number of carbonyl (C=O) groups is 2. The average molecular weight is 332 g/mol. The molecule has 0 aromatic carbocycles. The van der Waals surface area contributed by atoms with E-state index in [4.69, 9.17) is 4.74 Å². The van der Waals surface area contributed by atoms with Gasteiger partial charge in [0, 0.05) is 0 Å². The summed E-state index contributed by atoms with van der Waals surface area (Å²) in [4.78, 5) is 25.2. The van der Waals surface area contributed by atoms with Crippen molar-refractivity contribution in [3.05, 3.63) is 11.4 Å². The van der Waals surface area contributed by atoms with Gasteiger partial charge in [-0.05, 0) is 27.2 Å². The van der Waals surface area contributed by atoms with Gasteiger partial charge in [-0.3, -0.25) is 9.80 Å². The van der Waals surface area contributed by atoms with Crippen molar-refractivity contribution in [1.82, 2.24) is 15.1 Å². The van der Waals surface area contributed by atoms with Gasteiger partial charge in [0.05, 0.1) is 30.5 Å². The summed E-state index contributed by atoms with van der Waals surface area (Å²) in [6.45, 7) is 3.38. The lowest BCUT2D eigenvalue weighted by Crippen LogP contribution is -2.65. The summed E-state index contributed by atoms with van der Waals surface area (Å²) in [6.07, 6.45) is -0.752. The van der Waals surface area contributed by atoms with Crippen molar-refractivity contribution in [2.24, 2.45) is 0 Å². The number of carboxylic acids is 1. The van der Waals surface area contributed by atoms with Crippen LogP contribution in [0.25, 0.3) is 0 Å². The predicted octanol–water partition coefficient (Wildman–Crippen LogP) is 0.433. The highest BCUT2D eigenvalue weighted by atomic mass is 19.3. The van der Waals surface area contributed by atoms with Crippen LogP contribution in [0, 0.1) is 0 Å². The fraction of sp³-hybridized carbons (Fsp3) is 0.714. The number of hydrogen-bond acceptors (Lipinski definition) is 6. The summed E-state index contributed by atoms with van der Waals surface area (Å²) in [5.74, 6) is -1.63. The molecular weight excluding hydrogens is 312 g/mol. The fourth-order valence-electron chi connectivity index (χ4n) is 2.78. The second-order valence-electron chi connectivity index (χ2n) is 6.54. The van der Waals surface area contributed by atoms with E-state index in [2.05, 4.69) is 5.32 Å². The Morgan fingerprint density at radius 1 is 1.39 bits per heavy atom. The Morgan fingerprint density at radius 2 is 2.00 bits per heavy atom. The molecule has 0 aromatic rings. The zero-order valence-corrected chi connectivity index (χ0v) is 13.5. The second kappa shape index (κ2) is 5.54. The van der Waals surface area contributed by atoms with Crippen molar-refractivity contribution in [1.29, 1.82) is 0 Å². The highest BCUT2D eigenvalue weighted by Gasteiger charge is 2.52. The topological polar surface area (TPSA) is 84.9 Å². The Hall–Kier alpha value is -2.06. The van der Waals surface area contributed by atoms with Crippen molar-refractivity contribution in [2.75, 3.05) is 13.1 Å². The Bertz CT molecular complexity index is 559. The Kier molecular flexibility index (Phi) is 4.16. The Balaban J connectivity index is 2.20. The molecule has 0 saturated carbocycles. The van der Waals surface area contributed by atoms with E-state index in [1.807, 2.05) is 0 Å². The molecule has 2 rings (SSSR count). The van der Waals surface area contributed by atoms with E-state index in [1.165, 1.54) is 11.8 Å². The fourth-order valence-corrected chi connectivity index (χ4v) is 2.78. The number of carbonyl (C=O) groups excluding carboxylic acids is 2. The summed E-state index contributed by atoms with van der Waals surface area (Å²) in [7, 11) is 0. The molecule has 9 heteroatoms. The molecule has 0 saturated heterocycles. The third-order valence-corrected chi connectivity index (χ3v) is 3.79. The molecule has 0 fully saturated rings. The van der Waals surface area contributed by atoms with Crippen molar-refractivity contribution in [2.45, 2.75) is 51.9 Å². The molecule has 1 atom stereocenters. The number of amides is 1. The average Bonchev–Trinajstić information content (AvgIpc) is 2.90. The minimum absolute atomic E-state index is 0.0114. The first-order chi connectivity index (χ1) is 10.5. The monoisotopic (exact) mass is 332 g/mol. The molecular formula is C14H20F2N3O4-. The van der Waals surface area contributed by atoms with Gasteiger partial charge in [0.25, 0.3) is 0 Å². The maximum Gasteiger partial charge on any atom is 0.410 e. The van der Waals surface area contributed by atoms with Gasteiger partial charge in [-0.15, -0.1) is 0 Å². The SMILES string of the molecule is CCC1(C(=O)[O-])NC2=C(CN(C(=O)OC(C)(C)C)C2)N1C(F)F.